The van der Waals surface area contributed by atoms with Crippen molar-refractivity contribution in [2.45, 2.75) is 4.90 Å². The number of hydrogen-bond acceptors (Lipinski definition) is 5. The van der Waals surface area contributed by atoms with Gasteiger partial charge in [-0.3, -0.25) is 9.52 Å². The van der Waals surface area contributed by atoms with Crippen molar-refractivity contribution in [1.29, 1.82) is 0 Å². The SMILES string of the molecule is Cn1cc(S(=O)(=O)Nc2cccnc2-n2cccn2)cc1C(N)=O. The second-order valence-corrected chi connectivity index (χ2v) is 6.65. The summed E-state index contributed by atoms with van der Waals surface area (Å²) in [5.74, 6) is -0.380. The minimum absolute atomic E-state index is 0.0749. The number of carbonyl (C=O) groups excluding carboxylic acids is 1. The van der Waals surface area contributed by atoms with Gasteiger partial charge in [0.25, 0.3) is 15.9 Å². The van der Waals surface area contributed by atoms with Crippen LogP contribution >= 0.6 is 0 Å². The van der Waals surface area contributed by atoms with E-state index in [2.05, 4.69) is 14.8 Å². The van der Waals surface area contributed by atoms with Crippen molar-refractivity contribution in [3.05, 3.63) is 54.7 Å². The third-order valence-electron chi connectivity index (χ3n) is 3.30. The van der Waals surface area contributed by atoms with Crippen LogP contribution in [-0.4, -0.2) is 33.7 Å². The number of amides is 1. The molecule has 0 aliphatic carbocycles. The van der Waals surface area contributed by atoms with Crippen LogP contribution in [0.15, 0.2) is 53.9 Å². The van der Waals surface area contributed by atoms with Crippen molar-refractivity contribution < 1.29 is 13.2 Å². The van der Waals surface area contributed by atoms with Gasteiger partial charge in [-0.15, -0.1) is 0 Å². The Morgan fingerprint density at radius 2 is 2.08 bits per heavy atom. The van der Waals surface area contributed by atoms with E-state index in [4.69, 9.17) is 5.73 Å². The molecule has 0 saturated carbocycles. The van der Waals surface area contributed by atoms with E-state index < -0.39 is 15.9 Å². The zero-order chi connectivity index (χ0) is 17.3. The molecule has 3 heterocycles. The maximum atomic E-state index is 12.6. The third kappa shape index (κ3) is 2.86. The summed E-state index contributed by atoms with van der Waals surface area (Å²) in [6.45, 7) is 0. The lowest BCUT2D eigenvalue weighted by Gasteiger charge is -2.10. The number of primary amides is 1. The largest absolute Gasteiger partial charge is 0.364 e. The van der Waals surface area contributed by atoms with E-state index in [9.17, 15) is 13.2 Å². The number of aromatic nitrogens is 4. The van der Waals surface area contributed by atoms with E-state index in [1.807, 2.05) is 0 Å². The third-order valence-corrected chi connectivity index (χ3v) is 4.63. The van der Waals surface area contributed by atoms with E-state index in [0.717, 1.165) is 0 Å². The van der Waals surface area contributed by atoms with Crippen molar-refractivity contribution >= 4 is 21.6 Å². The van der Waals surface area contributed by atoms with E-state index in [-0.39, 0.29) is 16.3 Å². The normalized spacial score (nSPS) is 11.4. The van der Waals surface area contributed by atoms with Crippen molar-refractivity contribution in [2.75, 3.05) is 4.72 Å². The fourth-order valence-corrected chi connectivity index (χ4v) is 3.31. The van der Waals surface area contributed by atoms with Gasteiger partial charge in [0.15, 0.2) is 5.82 Å². The maximum absolute atomic E-state index is 12.6. The Bertz CT molecular complexity index is 991. The molecule has 0 saturated heterocycles. The molecule has 10 heteroatoms. The van der Waals surface area contributed by atoms with Gasteiger partial charge in [-0.1, -0.05) is 0 Å². The van der Waals surface area contributed by atoms with Gasteiger partial charge < -0.3 is 10.3 Å². The lowest BCUT2D eigenvalue weighted by atomic mass is 10.4. The molecule has 3 aromatic heterocycles. The summed E-state index contributed by atoms with van der Waals surface area (Å²) in [7, 11) is -2.38. The summed E-state index contributed by atoms with van der Waals surface area (Å²) < 4.78 is 30.4. The number of anilines is 1. The van der Waals surface area contributed by atoms with E-state index in [1.54, 1.807) is 37.6 Å². The zero-order valence-corrected chi connectivity index (χ0v) is 13.4. The Morgan fingerprint density at radius 1 is 1.29 bits per heavy atom. The fourth-order valence-electron chi connectivity index (χ4n) is 2.18. The summed E-state index contributed by atoms with van der Waals surface area (Å²) in [6, 6.07) is 6.09. The van der Waals surface area contributed by atoms with Crippen LogP contribution in [0.3, 0.4) is 0 Å². The molecular formula is C14H14N6O3S. The predicted molar refractivity (Wildman–Crippen MR) is 86.1 cm³/mol. The number of aryl methyl sites for hydroxylation is 1. The Balaban J connectivity index is 1.99. The van der Waals surface area contributed by atoms with Gasteiger partial charge in [0, 0.05) is 31.8 Å². The lowest BCUT2D eigenvalue weighted by Crippen LogP contribution is -2.15. The average molecular weight is 346 g/mol. The van der Waals surface area contributed by atoms with E-state index in [1.165, 1.54) is 27.7 Å². The number of nitrogens with one attached hydrogen (secondary N) is 1. The van der Waals surface area contributed by atoms with Gasteiger partial charge >= 0.3 is 0 Å². The van der Waals surface area contributed by atoms with Crippen LogP contribution in [0.25, 0.3) is 5.82 Å². The standard InChI is InChI=1S/C14H14N6O3S/c1-19-9-10(8-12(19)13(15)21)24(22,23)18-11-4-2-5-16-14(11)20-7-3-6-17-20/h2-9,18H,1H3,(H2,15,21). The number of hydrogen-bond donors (Lipinski definition) is 2. The Morgan fingerprint density at radius 3 is 2.71 bits per heavy atom. The number of pyridine rings is 1. The van der Waals surface area contributed by atoms with Gasteiger partial charge in [-0.05, 0) is 24.3 Å². The Hall–Kier alpha value is -3.14. The van der Waals surface area contributed by atoms with Crippen LogP contribution in [-0.2, 0) is 17.1 Å². The lowest BCUT2D eigenvalue weighted by molar-refractivity contribution is 0.0992. The second-order valence-electron chi connectivity index (χ2n) is 4.97. The molecule has 0 bridgehead atoms. The quantitative estimate of drug-likeness (QED) is 0.696. The van der Waals surface area contributed by atoms with Crippen LogP contribution in [0.5, 0.6) is 0 Å². The van der Waals surface area contributed by atoms with Crippen molar-refractivity contribution in [1.82, 2.24) is 19.3 Å². The Labute approximate surface area is 137 Å². The second kappa shape index (κ2) is 5.81. The molecule has 0 aliphatic rings. The number of rotatable bonds is 5. The summed E-state index contributed by atoms with van der Waals surface area (Å²) in [5, 5.41) is 4.05. The smallest absolute Gasteiger partial charge is 0.265 e. The highest BCUT2D eigenvalue weighted by molar-refractivity contribution is 7.92. The van der Waals surface area contributed by atoms with Crippen LogP contribution in [0.1, 0.15) is 10.5 Å². The van der Waals surface area contributed by atoms with Crippen molar-refractivity contribution in [2.24, 2.45) is 12.8 Å². The molecule has 0 aliphatic heterocycles. The van der Waals surface area contributed by atoms with Crippen LogP contribution in [0.4, 0.5) is 5.69 Å². The first kappa shape index (κ1) is 15.7. The number of nitrogens with two attached hydrogens (primary N) is 1. The summed E-state index contributed by atoms with van der Waals surface area (Å²) in [4.78, 5) is 15.4. The Kier molecular flexibility index (Phi) is 3.81. The highest BCUT2D eigenvalue weighted by Crippen LogP contribution is 2.22. The molecule has 9 nitrogen and oxygen atoms in total. The minimum atomic E-state index is -3.92. The van der Waals surface area contributed by atoms with E-state index >= 15 is 0 Å². The number of carbonyl (C=O) groups is 1. The van der Waals surface area contributed by atoms with Gasteiger partial charge in [0.05, 0.1) is 5.69 Å². The van der Waals surface area contributed by atoms with Gasteiger partial charge in [0.1, 0.15) is 10.6 Å². The molecular weight excluding hydrogens is 332 g/mol. The summed E-state index contributed by atoms with van der Waals surface area (Å²) in [5.41, 5.74) is 5.56. The van der Waals surface area contributed by atoms with Gasteiger partial charge in [0.2, 0.25) is 0 Å². The van der Waals surface area contributed by atoms with Crippen LogP contribution in [0, 0.1) is 0 Å². The molecule has 0 unspecified atom stereocenters. The minimum Gasteiger partial charge on any atom is -0.364 e. The fraction of sp³-hybridized carbons (Fsp3) is 0.0714. The summed E-state index contributed by atoms with van der Waals surface area (Å²) in [6.07, 6.45) is 6.05. The highest BCUT2D eigenvalue weighted by atomic mass is 32.2. The molecule has 0 atom stereocenters. The van der Waals surface area contributed by atoms with Gasteiger partial charge in [-0.25, -0.2) is 18.1 Å². The van der Waals surface area contributed by atoms with Crippen LogP contribution in [0.2, 0.25) is 0 Å². The molecule has 3 rings (SSSR count). The molecule has 0 aromatic carbocycles. The number of sulfonamides is 1. The monoisotopic (exact) mass is 346 g/mol. The van der Waals surface area contributed by atoms with E-state index in [0.29, 0.717) is 5.82 Å². The molecule has 1 amide bonds. The van der Waals surface area contributed by atoms with Gasteiger partial charge in [-0.2, -0.15) is 5.10 Å². The first-order valence-electron chi connectivity index (χ1n) is 6.82. The topological polar surface area (TPSA) is 125 Å². The summed E-state index contributed by atoms with van der Waals surface area (Å²) >= 11 is 0. The van der Waals surface area contributed by atoms with Crippen molar-refractivity contribution in [3.8, 4) is 5.82 Å². The molecule has 24 heavy (non-hydrogen) atoms. The molecule has 0 radical (unpaired) electrons. The maximum Gasteiger partial charge on any atom is 0.265 e. The highest BCUT2D eigenvalue weighted by Gasteiger charge is 2.21. The average Bonchev–Trinajstić information content (AvgIpc) is 3.17. The first-order valence-corrected chi connectivity index (χ1v) is 8.31. The van der Waals surface area contributed by atoms with Crippen LogP contribution < -0.4 is 10.5 Å². The molecule has 3 aromatic rings. The molecule has 124 valence electrons. The van der Waals surface area contributed by atoms with Crippen molar-refractivity contribution in [3.63, 3.8) is 0 Å². The first-order chi connectivity index (χ1) is 11.4. The zero-order valence-electron chi connectivity index (χ0n) is 12.6. The molecule has 3 N–H and O–H groups in total. The molecule has 0 spiro atoms. The predicted octanol–water partition coefficient (Wildman–Crippen LogP) is 0.506. The number of nitrogens with zero attached hydrogens (tertiary/aromatic N) is 4. The molecule has 0 fully saturated rings.